The molecule has 0 aliphatic rings. The van der Waals surface area contributed by atoms with E-state index < -0.39 is 0 Å². The predicted molar refractivity (Wildman–Crippen MR) is 75.6 cm³/mol. The number of nitrogens with one attached hydrogen (secondary N) is 1. The Bertz CT molecular complexity index is 476. The van der Waals surface area contributed by atoms with Crippen LogP contribution in [0.5, 0.6) is 5.75 Å². The van der Waals surface area contributed by atoms with E-state index in [0.29, 0.717) is 6.61 Å². The van der Waals surface area contributed by atoms with Gasteiger partial charge in [0.1, 0.15) is 12.4 Å². The van der Waals surface area contributed by atoms with Crippen LogP contribution >= 0.6 is 15.9 Å². The Morgan fingerprint density at radius 3 is 2.78 bits per heavy atom. The van der Waals surface area contributed by atoms with Crippen LogP contribution in [0.25, 0.3) is 0 Å². The molecule has 94 valence electrons. The highest BCUT2D eigenvalue weighted by molar-refractivity contribution is 9.10. The number of benzene rings is 1. The summed E-state index contributed by atoms with van der Waals surface area (Å²) >= 11 is 3.36. The molecule has 0 aliphatic heterocycles. The Labute approximate surface area is 115 Å². The highest BCUT2D eigenvalue weighted by atomic mass is 79.9. The minimum absolute atomic E-state index is 0.630. The van der Waals surface area contributed by atoms with Crippen molar-refractivity contribution in [2.24, 2.45) is 0 Å². The second-order valence-electron chi connectivity index (χ2n) is 3.85. The van der Waals surface area contributed by atoms with Gasteiger partial charge in [-0.1, -0.05) is 30.3 Å². The number of halogens is 1. The maximum atomic E-state index is 5.57. The van der Waals surface area contributed by atoms with Crippen molar-refractivity contribution >= 4 is 15.9 Å². The summed E-state index contributed by atoms with van der Waals surface area (Å²) in [6.07, 6.45) is 3.45. The van der Waals surface area contributed by atoms with Crippen LogP contribution in [0.2, 0.25) is 0 Å². The maximum Gasteiger partial charge on any atom is 0.138 e. The Kier molecular flexibility index (Phi) is 5.17. The second-order valence-corrected chi connectivity index (χ2v) is 4.77. The number of nitrogens with zero attached hydrogens (tertiary/aromatic N) is 1. The van der Waals surface area contributed by atoms with Crippen LogP contribution in [0.15, 0.2) is 53.3 Å². The molecule has 0 unspecified atom stereocenters. The van der Waals surface area contributed by atoms with Gasteiger partial charge in [-0.25, -0.2) is 0 Å². The molecule has 0 spiro atoms. The van der Waals surface area contributed by atoms with E-state index in [0.717, 1.165) is 23.3 Å². The molecule has 3 nitrogen and oxygen atoms in total. The van der Waals surface area contributed by atoms with Gasteiger partial charge in [0, 0.05) is 23.8 Å². The number of hydrogen-bond donors (Lipinski definition) is 1. The summed E-state index contributed by atoms with van der Waals surface area (Å²) in [5, 5.41) is 3.33. The highest BCUT2D eigenvalue weighted by Gasteiger charge is 1.95. The van der Waals surface area contributed by atoms with E-state index in [1.165, 1.54) is 5.56 Å². The second kappa shape index (κ2) is 7.13. The van der Waals surface area contributed by atoms with Crippen molar-refractivity contribution in [2.75, 3.05) is 13.2 Å². The van der Waals surface area contributed by atoms with Gasteiger partial charge in [0.2, 0.25) is 0 Å². The predicted octanol–water partition coefficient (Wildman–Crippen LogP) is 3.01. The first kappa shape index (κ1) is 13.1. The minimum Gasteiger partial charge on any atom is -0.491 e. The molecule has 0 radical (unpaired) electrons. The Hall–Kier alpha value is -1.39. The fraction of sp³-hybridized carbons (Fsp3) is 0.214. The van der Waals surface area contributed by atoms with Crippen LogP contribution in [-0.2, 0) is 6.54 Å². The van der Waals surface area contributed by atoms with Gasteiger partial charge in [0.15, 0.2) is 0 Å². The van der Waals surface area contributed by atoms with Crippen molar-refractivity contribution < 1.29 is 4.74 Å². The number of aromatic nitrogens is 1. The zero-order valence-corrected chi connectivity index (χ0v) is 11.6. The molecule has 0 bridgehead atoms. The molecule has 4 heteroatoms. The van der Waals surface area contributed by atoms with Gasteiger partial charge < -0.3 is 10.1 Å². The number of pyridine rings is 1. The van der Waals surface area contributed by atoms with Crippen LogP contribution < -0.4 is 10.1 Å². The lowest BCUT2D eigenvalue weighted by Gasteiger charge is -2.07. The quantitative estimate of drug-likeness (QED) is 0.833. The summed E-state index contributed by atoms with van der Waals surface area (Å²) in [4.78, 5) is 4.04. The van der Waals surface area contributed by atoms with Crippen molar-refractivity contribution in [1.29, 1.82) is 0 Å². The molecule has 2 aromatic rings. The summed E-state index contributed by atoms with van der Waals surface area (Å²) in [5.74, 6) is 0.783. The fourth-order valence-corrected chi connectivity index (χ4v) is 1.88. The summed E-state index contributed by atoms with van der Waals surface area (Å²) in [5.41, 5.74) is 1.28. The molecule has 0 aliphatic carbocycles. The smallest absolute Gasteiger partial charge is 0.138 e. The zero-order chi connectivity index (χ0) is 12.6. The average Bonchev–Trinajstić information content (AvgIpc) is 2.40. The van der Waals surface area contributed by atoms with Crippen LogP contribution in [0.3, 0.4) is 0 Å². The molecule has 0 saturated heterocycles. The minimum atomic E-state index is 0.630. The van der Waals surface area contributed by atoms with Crippen LogP contribution in [0.1, 0.15) is 5.56 Å². The first-order chi connectivity index (χ1) is 8.84. The van der Waals surface area contributed by atoms with E-state index in [4.69, 9.17) is 4.74 Å². The molecule has 0 saturated carbocycles. The molecular formula is C14H15BrN2O. The van der Waals surface area contributed by atoms with Gasteiger partial charge in [0.05, 0.1) is 6.20 Å². The van der Waals surface area contributed by atoms with Gasteiger partial charge in [-0.2, -0.15) is 0 Å². The van der Waals surface area contributed by atoms with Crippen molar-refractivity contribution in [3.05, 3.63) is 58.8 Å². The SMILES string of the molecule is Brc1cncc(OCCNCc2ccccc2)c1. The summed E-state index contributed by atoms with van der Waals surface area (Å²) in [7, 11) is 0. The van der Waals surface area contributed by atoms with Crippen molar-refractivity contribution in [3.8, 4) is 5.75 Å². The molecular weight excluding hydrogens is 292 g/mol. The lowest BCUT2D eigenvalue weighted by atomic mass is 10.2. The van der Waals surface area contributed by atoms with Crippen LogP contribution in [-0.4, -0.2) is 18.1 Å². The molecule has 1 N–H and O–H groups in total. The van der Waals surface area contributed by atoms with Gasteiger partial charge in [-0.05, 0) is 27.6 Å². The third-order valence-corrected chi connectivity index (χ3v) is 2.83. The Balaban J connectivity index is 1.65. The summed E-state index contributed by atoms with van der Waals surface area (Å²) in [6.45, 7) is 2.30. The monoisotopic (exact) mass is 306 g/mol. The zero-order valence-electron chi connectivity index (χ0n) is 9.97. The maximum absolute atomic E-state index is 5.57. The summed E-state index contributed by atoms with van der Waals surface area (Å²) < 4.78 is 6.50. The van der Waals surface area contributed by atoms with Crippen molar-refractivity contribution in [2.45, 2.75) is 6.54 Å². The van der Waals surface area contributed by atoms with E-state index in [1.807, 2.05) is 24.3 Å². The van der Waals surface area contributed by atoms with Gasteiger partial charge in [0.25, 0.3) is 0 Å². The molecule has 2 rings (SSSR count). The lowest BCUT2D eigenvalue weighted by Crippen LogP contribution is -2.20. The summed E-state index contributed by atoms with van der Waals surface area (Å²) in [6, 6.07) is 12.2. The largest absolute Gasteiger partial charge is 0.491 e. The van der Waals surface area contributed by atoms with Crippen LogP contribution in [0, 0.1) is 0 Å². The highest BCUT2D eigenvalue weighted by Crippen LogP contribution is 2.15. The van der Waals surface area contributed by atoms with Gasteiger partial charge in [-0.15, -0.1) is 0 Å². The standard InChI is InChI=1S/C14H15BrN2O/c15-13-8-14(11-17-10-13)18-7-6-16-9-12-4-2-1-3-5-12/h1-5,8,10-11,16H,6-7,9H2. The van der Waals surface area contributed by atoms with Crippen molar-refractivity contribution in [1.82, 2.24) is 10.3 Å². The third kappa shape index (κ3) is 4.47. The first-order valence-corrected chi connectivity index (χ1v) is 6.62. The molecule has 0 fully saturated rings. The average molecular weight is 307 g/mol. The van der Waals surface area contributed by atoms with E-state index >= 15 is 0 Å². The molecule has 18 heavy (non-hydrogen) atoms. The topological polar surface area (TPSA) is 34.1 Å². The molecule has 0 amide bonds. The normalized spacial score (nSPS) is 10.3. The third-order valence-electron chi connectivity index (χ3n) is 2.40. The van der Waals surface area contributed by atoms with E-state index in [9.17, 15) is 0 Å². The van der Waals surface area contributed by atoms with Crippen LogP contribution in [0.4, 0.5) is 0 Å². The van der Waals surface area contributed by atoms with E-state index in [1.54, 1.807) is 12.4 Å². The number of rotatable bonds is 6. The molecule has 1 aromatic carbocycles. The van der Waals surface area contributed by atoms with Gasteiger partial charge >= 0.3 is 0 Å². The fourth-order valence-electron chi connectivity index (χ4n) is 1.54. The molecule has 1 heterocycles. The number of ether oxygens (including phenoxy) is 1. The number of hydrogen-bond acceptors (Lipinski definition) is 3. The lowest BCUT2D eigenvalue weighted by molar-refractivity contribution is 0.312. The van der Waals surface area contributed by atoms with E-state index in [2.05, 4.69) is 38.4 Å². The van der Waals surface area contributed by atoms with Gasteiger partial charge in [-0.3, -0.25) is 4.98 Å². The molecule has 1 aromatic heterocycles. The molecule has 0 atom stereocenters. The Morgan fingerprint density at radius 2 is 2.00 bits per heavy atom. The Morgan fingerprint density at radius 1 is 1.17 bits per heavy atom. The first-order valence-electron chi connectivity index (χ1n) is 5.82. The van der Waals surface area contributed by atoms with Crippen molar-refractivity contribution in [3.63, 3.8) is 0 Å². The van der Waals surface area contributed by atoms with E-state index in [-0.39, 0.29) is 0 Å².